The molecule has 0 spiro atoms. The van der Waals surface area contributed by atoms with E-state index >= 15 is 0 Å². The molecule has 3 nitrogen and oxygen atoms in total. The maximum Gasteiger partial charge on any atom is 0.238 e. The van der Waals surface area contributed by atoms with Gasteiger partial charge in [-0.05, 0) is 24.1 Å². The van der Waals surface area contributed by atoms with E-state index in [4.69, 9.17) is 5.14 Å². The van der Waals surface area contributed by atoms with E-state index in [9.17, 15) is 17.2 Å². The van der Waals surface area contributed by atoms with Gasteiger partial charge in [0, 0.05) is 0 Å². The highest BCUT2D eigenvalue weighted by atomic mass is 32.2. The standard InChI is InChI=1S/C8H9F2NO2S/c1-2-5-3-6(9)7(10)4-8(5)14(11,12)13/h3-4H,2H2,1H3,(H2,11,12,13). The molecular formula is C8H9F2NO2S. The van der Waals surface area contributed by atoms with Crippen LogP contribution in [-0.4, -0.2) is 8.42 Å². The molecule has 0 aliphatic carbocycles. The molecule has 0 amide bonds. The first kappa shape index (κ1) is 11.1. The minimum Gasteiger partial charge on any atom is -0.225 e. The van der Waals surface area contributed by atoms with Gasteiger partial charge in [-0.3, -0.25) is 0 Å². The summed E-state index contributed by atoms with van der Waals surface area (Å²) in [6.07, 6.45) is 0.267. The minimum atomic E-state index is -3.99. The van der Waals surface area contributed by atoms with Crippen molar-refractivity contribution in [1.29, 1.82) is 0 Å². The molecule has 0 heterocycles. The highest BCUT2D eigenvalue weighted by molar-refractivity contribution is 7.89. The van der Waals surface area contributed by atoms with Gasteiger partial charge in [0.2, 0.25) is 10.0 Å². The molecule has 0 fully saturated rings. The molecule has 2 N–H and O–H groups in total. The molecule has 0 unspecified atom stereocenters. The molecule has 14 heavy (non-hydrogen) atoms. The molecule has 0 saturated carbocycles. The molecule has 78 valence electrons. The van der Waals surface area contributed by atoms with E-state index in [1.54, 1.807) is 6.92 Å². The number of rotatable bonds is 2. The van der Waals surface area contributed by atoms with E-state index in [-0.39, 0.29) is 16.9 Å². The van der Waals surface area contributed by atoms with Crippen molar-refractivity contribution in [3.05, 3.63) is 29.3 Å². The molecule has 0 saturated heterocycles. The Morgan fingerprint density at radius 2 is 1.79 bits per heavy atom. The van der Waals surface area contributed by atoms with Gasteiger partial charge in [-0.25, -0.2) is 22.3 Å². The second-order valence-corrected chi connectivity index (χ2v) is 4.30. The van der Waals surface area contributed by atoms with E-state index in [1.165, 1.54) is 0 Å². The zero-order valence-corrected chi connectivity index (χ0v) is 8.24. The van der Waals surface area contributed by atoms with Crippen molar-refractivity contribution < 1.29 is 17.2 Å². The summed E-state index contributed by atoms with van der Waals surface area (Å²) in [5.41, 5.74) is 0.173. The van der Waals surface area contributed by atoms with Crippen molar-refractivity contribution in [2.24, 2.45) is 5.14 Å². The lowest BCUT2D eigenvalue weighted by Gasteiger charge is -2.05. The van der Waals surface area contributed by atoms with Crippen LogP contribution in [0.25, 0.3) is 0 Å². The molecule has 0 aliphatic heterocycles. The summed E-state index contributed by atoms with van der Waals surface area (Å²) in [5.74, 6) is -2.29. The predicted octanol–water partition coefficient (Wildman–Crippen LogP) is 1.17. The number of hydrogen-bond acceptors (Lipinski definition) is 2. The predicted molar refractivity (Wildman–Crippen MR) is 47.1 cm³/mol. The number of halogens is 2. The van der Waals surface area contributed by atoms with E-state index in [0.29, 0.717) is 6.07 Å². The first-order valence-electron chi connectivity index (χ1n) is 3.87. The molecule has 1 aromatic carbocycles. The topological polar surface area (TPSA) is 60.2 Å². The number of primary sulfonamides is 1. The summed E-state index contributed by atoms with van der Waals surface area (Å²) in [6, 6.07) is 1.44. The maximum absolute atomic E-state index is 12.7. The van der Waals surface area contributed by atoms with Crippen molar-refractivity contribution in [2.45, 2.75) is 18.2 Å². The quantitative estimate of drug-likeness (QED) is 0.815. The summed E-state index contributed by atoms with van der Waals surface area (Å²) >= 11 is 0. The van der Waals surface area contributed by atoms with Crippen LogP contribution < -0.4 is 5.14 Å². The summed E-state index contributed by atoms with van der Waals surface area (Å²) in [5, 5.41) is 4.84. The normalized spacial score (nSPS) is 11.7. The fourth-order valence-corrected chi connectivity index (χ4v) is 1.95. The van der Waals surface area contributed by atoms with Crippen molar-refractivity contribution in [1.82, 2.24) is 0 Å². The fraction of sp³-hybridized carbons (Fsp3) is 0.250. The van der Waals surface area contributed by atoms with E-state index in [2.05, 4.69) is 0 Å². The number of hydrogen-bond donors (Lipinski definition) is 1. The Bertz CT molecular complexity index is 457. The van der Waals surface area contributed by atoms with Gasteiger partial charge in [0.1, 0.15) is 0 Å². The van der Waals surface area contributed by atoms with E-state index in [1.807, 2.05) is 0 Å². The Labute approximate surface area is 80.6 Å². The Morgan fingerprint density at radius 3 is 2.21 bits per heavy atom. The van der Waals surface area contributed by atoms with Gasteiger partial charge in [0.05, 0.1) is 4.90 Å². The third-order valence-electron chi connectivity index (χ3n) is 1.79. The van der Waals surface area contributed by atoms with Gasteiger partial charge in [-0.1, -0.05) is 6.92 Å². The minimum absolute atomic E-state index is 0.173. The van der Waals surface area contributed by atoms with E-state index in [0.717, 1.165) is 6.07 Å². The Kier molecular flexibility index (Phi) is 2.86. The second kappa shape index (κ2) is 3.62. The zero-order chi connectivity index (χ0) is 10.9. The molecule has 1 aromatic rings. The molecule has 0 bridgehead atoms. The smallest absolute Gasteiger partial charge is 0.225 e. The van der Waals surface area contributed by atoms with Gasteiger partial charge in [-0.15, -0.1) is 0 Å². The van der Waals surface area contributed by atoms with Crippen LogP contribution in [-0.2, 0) is 16.4 Å². The van der Waals surface area contributed by atoms with Gasteiger partial charge in [0.25, 0.3) is 0 Å². The monoisotopic (exact) mass is 221 g/mol. The summed E-state index contributed by atoms with van der Waals surface area (Å²) in [7, 11) is -3.99. The summed E-state index contributed by atoms with van der Waals surface area (Å²) in [6.45, 7) is 1.63. The number of sulfonamides is 1. The third kappa shape index (κ3) is 2.08. The SMILES string of the molecule is CCc1cc(F)c(F)cc1S(N)(=O)=O. The lowest BCUT2D eigenvalue weighted by molar-refractivity contribution is 0.502. The molecule has 6 heteroatoms. The van der Waals surface area contributed by atoms with Crippen LogP contribution >= 0.6 is 0 Å². The zero-order valence-electron chi connectivity index (χ0n) is 7.42. The lowest BCUT2D eigenvalue weighted by Crippen LogP contribution is -2.15. The Hall–Kier alpha value is -1.01. The number of aryl methyl sites for hydroxylation is 1. The third-order valence-corrected chi connectivity index (χ3v) is 2.78. The van der Waals surface area contributed by atoms with Crippen LogP contribution in [0.5, 0.6) is 0 Å². The van der Waals surface area contributed by atoms with Crippen LogP contribution in [0.15, 0.2) is 17.0 Å². The molecule has 0 aromatic heterocycles. The van der Waals surface area contributed by atoms with Gasteiger partial charge in [0.15, 0.2) is 11.6 Å². The van der Waals surface area contributed by atoms with E-state index < -0.39 is 21.7 Å². The molecule has 0 aliphatic rings. The van der Waals surface area contributed by atoms with Crippen LogP contribution in [0.1, 0.15) is 12.5 Å². The lowest BCUT2D eigenvalue weighted by atomic mass is 10.1. The van der Waals surface area contributed by atoms with Crippen molar-refractivity contribution in [3.63, 3.8) is 0 Å². The Balaban J connectivity index is 3.51. The van der Waals surface area contributed by atoms with Gasteiger partial charge >= 0.3 is 0 Å². The van der Waals surface area contributed by atoms with Crippen LogP contribution in [0, 0.1) is 11.6 Å². The summed E-state index contributed by atoms with van der Waals surface area (Å²) < 4.78 is 47.4. The highest BCUT2D eigenvalue weighted by Gasteiger charge is 2.16. The average Bonchev–Trinajstić information content (AvgIpc) is 2.07. The number of benzene rings is 1. The van der Waals surface area contributed by atoms with Crippen molar-refractivity contribution in [3.8, 4) is 0 Å². The molecule has 0 radical (unpaired) electrons. The molecule has 1 rings (SSSR count). The first-order valence-corrected chi connectivity index (χ1v) is 5.41. The van der Waals surface area contributed by atoms with Crippen molar-refractivity contribution >= 4 is 10.0 Å². The second-order valence-electron chi connectivity index (χ2n) is 2.77. The van der Waals surface area contributed by atoms with Crippen LogP contribution in [0.2, 0.25) is 0 Å². The first-order chi connectivity index (χ1) is 6.36. The van der Waals surface area contributed by atoms with Crippen LogP contribution in [0.4, 0.5) is 8.78 Å². The van der Waals surface area contributed by atoms with Gasteiger partial charge in [-0.2, -0.15) is 0 Å². The largest absolute Gasteiger partial charge is 0.238 e. The maximum atomic E-state index is 12.7. The molecule has 0 atom stereocenters. The average molecular weight is 221 g/mol. The Morgan fingerprint density at radius 1 is 1.29 bits per heavy atom. The fourth-order valence-electron chi connectivity index (χ4n) is 1.11. The highest BCUT2D eigenvalue weighted by Crippen LogP contribution is 2.19. The van der Waals surface area contributed by atoms with Crippen LogP contribution in [0.3, 0.4) is 0 Å². The number of nitrogens with two attached hydrogens (primary N) is 1. The summed E-state index contributed by atoms with van der Waals surface area (Å²) in [4.78, 5) is -0.362. The van der Waals surface area contributed by atoms with Crippen molar-refractivity contribution in [2.75, 3.05) is 0 Å². The molecular weight excluding hydrogens is 212 g/mol. The van der Waals surface area contributed by atoms with Gasteiger partial charge < -0.3 is 0 Å².